The molecule has 1 aromatic heterocycles. The standard InChI is InChI=1S/C23H18F3N3O5S/c1-34-21-18(15-4-3-14-10-16(28-35(2,32)33)6-5-13(14)9-15)11-17(12-19(21)23(24,25)26)29-20(30)7-8-27-22(29)31/h3-12,28H,1-2H3,(H,27,31). The van der Waals surface area contributed by atoms with Gasteiger partial charge in [0.05, 0.1) is 19.1 Å². The fourth-order valence-corrected chi connectivity index (χ4v) is 4.30. The Morgan fingerprint density at radius 2 is 1.66 bits per heavy atom. The van der Waals surface area contributed by atoms with Crippen molar-refractivity contribution in [2.45, 2.75) is 6.18 Å². The van der Waals surface area contributed by atoms with Gasteiger partial charge in [0.2, 0.25) is 10.0 Å². The lowest BCUT2D eigenvalue weighted by molar-refractivity contribution is -0.138. The number of H-pyrrole nitrogens is 1. The van der Waals surface area contributed by atoms with Gasteiger partial charge in [-0.1, -0.05) is 18.2 Å². The highest BCUT2D eigenvalue weighted by atomic mass is 32.2. The van der Waals surface area contributed by atoms with Gasteiger partial charge in [0.1, 0.15) is 11.3 Å². The maximum absolute atomic E-state index is 14.0. The van der Waals surface area contributed by atoms with Crippen LogP contribution in [-0.2, 0) is 16.2 Å². The van der Waals surface area contributed by atoms with E-state index in [1.807, 2.05) is 0 Å². The van der Waals surface area contributed by atoms with Crippen LogP contribution < -0.4 is 20.7 Å². The van der Waals surface area contributed by atoms with Crippen LogP contribution in [0.25, 0.3) is 27.6 Å². The fourth-order valence-electron chi connectivity index (χ4n) is 3.75. The molecule has 0 unspecified atom stereocenters. The van der Waals surface area contributed by atoms with Crippen molar-refractivity contribution >= 4 is 26.5 Å². The molecule has 0 spiro atoms. The van der Waals surface area contributed by atoms with E-state index in [1.165, 1.54) is 18.2 Å². The van der Waals surface area contributed by atoms with E-state index in [-0.39, 0.29) is 11.3 Å². The summed E-state index contributed by atoms with van der Waals surface area (Å²) < 4.78 is 72.9. The van der Waals surface area contributed by atoms with E-state index >= 15 is 0 Å². The second kappa shape index (κ2) is 8.62. The Kier molecular flexibility index (Phi) is 5.93. The number of aromatic amines is 1. The highest BCUT2D eigenvalue weighted by Gasteiger charge is 2.36. The zero-order valence-corrected chi connectivity index (χ0v) is 19.1. The molecule has 0 saturated heterocycles. The fraction of sp³-hybridized carbons (Fsp3) is 0.130. The first-order valence-corrected chi connectivity index (χ1v) is 11.9. The molecular weight excluding hydrogens is 487 g/mol. The van der Waals surface area contributed by atoms with Gasteiger partial charge < -0.3 is 9.72 Å². The normalized spacial score (nSPS) is 12.0. The molecule has 3 aromatic carbocycles. The third kappa shape index (κ3) is 4.92. The monoisotopic (exact) mass is 505 g/mol. The van der Waals surface area contributed by atoms with Crippen LogP contribution in [0.1, 0.15) is 5.56 Å². The summed E-state index contributed by atoms with van der Waals surface area (Å²) in [7, 11) is -2.40. The Balaban J connectivity index is 1.97. The van der Waals surface area contributed by atoms with Gasteiger partial charge in [-0.25, -0.2) is 17.8 Å². The molecule has 0 amide bonds. The topological polar surface area (TPSA) is 110 Å². The number of fused-ring (bicyclic) bond motifs is 1. The summed E-state index contributed by atoms with van der Waals surface area (Å²) in [6.45, 7) is 0. The van der Waals surface area contributed by atoms with E-state index in [0.29, 0.717) is 32.7 Å². The molecule has 4 aromatic rings. The highest BCUT2D eigenvalue weighted by Crippen LogP contribution is 2.44. The summed E-state index contributed by atoms with van der Waals surface area (Å²) in [5.41, 5.74) is -2.48. The Bertz CT molecular complexity index is 1650. The van der Waals surface area contributed by atoms with Crippen LogP contribution in [0.15, 0.2) is 70.4 Å². The minimum absolute atomic E-state index is 0.00714. The van der Waals surface area contributed by atoms with E-state index in [4.69, 9.17) is 4.74 Å². The zero-order chi connectivity index (χ0) is 25.5. The van der Waals surface area contributed by atoms with E-state index in [0.717, 1.165) is 25.6 Å². The Hall–Kier alpha value is -4.06. The van der Waals surface area contributed by atoms with Gasteiger partial charge in [-0.05, 0) is 46.7 Å². The zero-order valence-electron chi connectivity index (χ0n) is 18.3. The quantitative estimate of drug-likeness (QED) is 0.429. The molecule has 0 aliphatic rings. The molecule has 0 atom stereocenters. The van der Waals surface area contributed by atoms with Crippen LogP contribution in [0.4, 0.5) is 18.9 Å². The van der Waals surface area contributed by atoms with Crippen molar-refractivity contribution in [3.63, 3.8) is 0 Å². The smallest absolute Gasteiger partial charge is 0.420 e. The number of alkyl halides is 3. The van der Waals surface area contributed by atoms with Crippen molar-refractivity contribution in [3.05, 3.63) is 87.2 Å². The molecule has 0 aliphatic carbocycles. The summed E-state index contributed by atoms with van der Waals surface area (Å²) in [5.74, 6) is -0.476. The molecule has 0 fully saturated rings. The first-order valence-electron chi connectivity index (χ1n) is 10.00. The number of anilines is 1. The minimum atomic E-state index is -4.84. The molecule has 8 nitrogen and oxygen atoms in total. The second-order valence-electron chi connectivity index (χ2n) is 7.68. The Morgan fingerprint density at radius 3 is 2.29 bits per heavy atom. The van der Waals surface area contributed by atoms with Crippen LogP contribution >= 0.6 is 0 Å². The maximum Gasteiger partial charge on any atom is 0.420 e. The number of hydrogen-bond donors (Lipinski definition) is 2. The SMILES string of the molecule is COc1c(-c2ccc3cc(NS(C)(=O)=O)ccc3c2)cc(-n2c(=O)cc[nH]c2=O)cc1C(F)(F)F. The molecule has 1 heterocycles. The van der Waals surface area contributed by atoms with E-state index < -0.39 is 38.8 Å². The third-order valence-corrected chi connectivity index (χ3v) is 5.76. The van der Waals surface area contributed by atoms with E-state index in [9.17, 15) is 31.2 Å². The van der Waals surface area contributed by atoms with Gasteiger partial charge in [0.25, 0.3) is 5.56 Å². The molecule has 0 radical (unpaired) electrons. The number of hydrogen-bond acceptors (Lipinski definition) is 5. The van der Waals surface area contributed by atoms with Gasteiger partial charge in [0.15, 0.2) is 0 Å². The van der Waals surface area contributed by atoms with Crippen LogP contribution in [0.2, 0.25) is 0 Å². The first-order chi connectivity index (χ1) is 16.4. The second-order valence-corrected chi connectivity index (χ2v) is 9.43. The molecule has 0 bridgehead atoms. The lowest BCUT2D eigenvalue weighted by atomic mass is 9.97. The third-order valence-electron chi connectivity index (χ3n) is 5.15. The molecule has 12 heteroatoms. The largest absolute Gasteiger partial charge is 0.495 e. The summed E-state index contributed by atoms with van der Waals surface area (Å²) in [6.07, 6.45) is -2.72. The van der Waals surface area contributed by atoms with Gasteiger partial charge in [-0.2, -0.15) is 13.2 Å². The maximum atomic E-state index is 14.0. The van der Waals surface area contributed by atoms with Gasteiger partial charge in [-0.3, -0.25) is 9.52 Å². The number of methoxy groups -OCH3 is 1. The van der Waals surface area contributed by atoms with Gasteiger partial charge in [0, 0.05) is 23.5 Å². The van der Waals surface area contributed by atoms with Crippen LogP contribution in [0, 0.1) is 0 Å². The number of nitrogens with zero attached hydrogens (tertiary/aromatic N) is 1. The summed E-state index contributed by atoms with van der Waals surface area (Å²) in [4.78, 5) is 26.8. The number of sulfonamides is 1. The lowest BCUT2D eigenvalue weighted by Gasteiger charge is -2.19. The van der Waals surface area contributed by atoms with Crippen molar-refractivity contribution in [1.29, 1.82) is 0 Å². The van der Waals surface area contributed by atoms with Gasteiger partial charge >= 0.3 is 11.9 Å². The molecule has 4 rings (SSSR count). The van der Waals surface area contributed by atoms with Crippen LogP contribution in [0.3, 0.4) is 0 Å². The first kappa shape index (κ1) is 24.1. The Labute approximate surface area is 196 Å². The Morgan fingerprint density at radius 1 is 0.971 bits per heavy atom. The average Bonchev–Trinajstić information content (AvgIpc) is 2.76. The number of halogens is 3. The number of benzene rings is 3. The number of ether oxygens (including phenoxy) is 1. The molecular formula is C23H18F3N3O5S. The summed E-state index contributed by atoms with van der Waals surface area (Å²) >= 11 is 0. The summed E-state index contributed by atoms with van der Waals surface area (Å²) in [6, 6.07) is 12.4. The molecule has 35 heavy (non-hydrogen) atoms. The summed E-state index contributed by atoms with van der Waals surface area (Å²) in [5, 5.41) is 1.24. The van der Waals surface area contributed by atoms with E-state index in [2.05, 4.69) is 9.71 Å². The molecule has 2 N–H and O–H groups in total. The van der Waals surface area contributed by atoms with Crippen molar-refractivity contribution in [2.24, 2.45) is 0 Å². The van der Waals surface area contributed by atoms with E-state index in [1.54, 1.807) is 24.3 Å². The van der Waals surface area contributed by atoms with Crippen molar-refractivity contribution in [1.82, 2.24) is 9.55 Å². The van der Waals surface area contributed by atoms with Crippen molar-refractivity contribution < 1.29 is 26.3 Å². The molecule has 0 aliphatic heterocycles. The molecule has 0 saturated carbocycles. The van der Waals surface area contributed by atoms with Crippen LogP contribution in [0.5, 0.6) is 5.75 Å². The lowest BCUT2D eigenvalue weighted by Crippen LogP contribution is -2.32. The predicted molar refractivity (Wildman–Crippen MR) is 126 cm³/mol. The minimum Gasteiger partial charge on any atom is -0.495 e. The number of rotatable bonds is 5. The highest BCUT2D eigenvalue weighted by molar-refractivity contribution is 7.92. The number of aromatic nitrogens is 2. The average molecular weight is 505 g/mol. The predicted octanol–water partition coefficient (Wildman–Crippen LogP) is 3.74. The molecule has 182 valence electrons. The van der Waals surface area contributed by atoms with Crippen LogP contribution in [-0.4, -0.2) is 31.3 Å². The van der Waals surface area contributed by atoms with Crippen molar-refractivity contribution in [2.75, 3.05) is 18.1 Å². The van der Waals surface area contributed by atoms with Crippen molar-refractivity contribution in [3.8, 4) is 22.6 Å². The van der Waals surface area contributed by atoms with Gasteiger partial charge in [-0.15, -0.1) is 0 Å². The number of nitrogens with one attached hydrogen (secondary N) is 2.